The van der Waals surface area contributed by atoms with Gasteiger partial charge in [-0.25, -0.2) is 0 Å². The van der Waals surface area contributed by atoms with Crippen molar-refractivity contribution in [2.24, 2.45) is 5.41 Å². The summed E-state index contributed by atoms with van der Waals surface area (Å²) in [6.45, 7) is 13.2. The summed E-state index contributed by atoms with van der Waals surface area (Å²) >= 11 is 0. The van der Waals surface area contributed by atoms with E-state index >= 15 is 0 Å². The molecule has 0 unspecified atom stereocenters. The highest BCUT2D eigenvalue weighted by atomic mass is 16.3. The SMILES string of the molecule is CCNc1nc(NCC(C)(C)CO)nc(N(CC)CC)n1. The molecule has 7 nitrogen and oxygen atoms in total. The van der Waals surface area contributed by atoms with Crippen LogP contribution in [0.25, 0.3) is 0 Å². The second-order valence-electron chi connectivity index (χ2n) is 5.66. The van der Waals surface area contributed by atoms with E-state index in [1.54, 1.807) is 0 Å². The van der Waals surface area contributed by atoms with Crippen molar-refractivity contribution in [1.29, 1.82) is 0 Å². The molecule has 1 heterocycles. The summed E-state index contributed by atoms with van der Waals surface area (Å²) < 4.78 is 0. The number of nitrogens with one attached hydrogen (secondary N) is 2. The van der Waals surface area contributed by atoms with Crippen molar-refractivity contribution in [3.05, 3.63) is 0 Å². The number of aliphatic hydroxyl groups excluding tert-OH is 1. The summed E-state index contributed by atoms with van der Waals surface area (Å²) in [5.74, 6) is 1.76. The van der Waals surface area contributed by atoms with Crippen LogP contribution in [0.2, 0.25) is 0 Å². The number of aliphatic hydroxyl groups is 1. The lowest BCUT2D eigenvalue weighted by Crippen LogP contribution is -2.29. The molecule has 0 aliphatic rings. The van der Waals surface area contributed by atoms with E-state index in [0.29, 0.717) is 24.4 Å². The fourth-order valence-electron chi connectivity index (χ4n) is 1.70. The topological polar surface area (TPSA) is 86.2 Å². The largest absolute Gasteiger partial charge is 0.396 e. The van der Waals surface area contributed by atoms with Gasteiger partial charge >= 0.3 is 0 Å². The predicted octanol–water partition coefficient (Wildman–Crippen LogP) is 1.58. The van der Waals surface area contributed by atoms with Gasteiger partial charge in [0, 0.05) is 38.2 Å². The molecule has 0 fully saturated rings. The van der Waals surface area contributed by atoms with E-state index in [-0.39, 0.29) is 12.0 Å². The number of nitrogens with zero attached hydrogens (tertiary/aromatic N) is 4. The van der Waals surface area contributed by atoms with Gasteiger partial charge in [-0.15, -0.1) is 0 Å². The Morgan fingerprint density at radius 1 is 1.00 bits per heavy atom. The minimum absolute atomic E-state index is 0.105. The van der Waals surface area contributed by atoms with Crippen LogP contribution in [0, 0.1) is 5.41 Å². The first kappa shape index (κ1) is 17.4. The standard InChI is InChI=1S/C14H28N6O/c1-6-15-11-17-12(16-9-14(4,5)10-21)19-13(18-11)20(7-2)8-3/h21H,6-10H2,1-5H3,(H2,15,16,17,18,19). The van der Waals surface area contributed by atoms with Crippen LogP contribution in [0.15, 0.2) is 0 Å². The molecular formula is C14H28N6O. The molecule has 0 aromatic carbocycles. The zero-order valence-corrected chi connectivity index (χ0v) is 13.8. The van der Waals surface area contributed by atoms with Gasteiger partial charge in [0.2, 0.25) is 17.8 Å². The molecule has 0 aliphatic heterocycles. The zero-order chi connectivity index (χ0) is 15.9. The molecular weight excluding hydrogens is 268 g/mol. The molecule has 21 heavy (non-hydrogen) atoms. The van der Waals surface area contributed by atoms with Crippen LogP contribution in [0.3, 0.4) is 0 Å². The Morgan fingerprint density at radius 3 is 2.05 bits per heavy atom. The molecule has 0 spiro atoms. The fourth-order valence-corrected chi connectivity index (χ4v) is 1.70. The van der Waals surface area contributed by atoms with Crippen LogP contribution in [0.4, 0.5) is 17.8 Å². The van der Waals surface area contributed by atoms with E-state index in [1.807, 2.05) is 20.8 Å². The van der Waals surface area contributed by atoms with Crippen LogP contribution in [-0.4, -0.2) is 52.8 Å². The lowest BCUT2D eigenvalue weighted by molar-refractivity contribution is 0.170. The van der Waals surface area contributed by atoms with Gasteiger partial charge in [0.15, 0.2) is 0 Å². The van der Waals surface area contributed by atoms with E-state index in [1.165, 1.54) is 0 Å². The second-order valence-corrected chi connectivity index (χ2v) is 5.66. The van der Waals surface area contributed by atoms with Crippen LogP contribution < -0.4 is 15.5 Å². The monoisotopic (exact) mass is 296 g/mol. The number of hydrogen-bond donors (Lipinski definition) is 3. The van der Waals surface area contributed by atoms with Crippen molar-refractivity contribution in [3.8, 4) is 0 Å². The van der Waals surface area contributed by atoms with Gasteiger partial charge in [-0.1, -0.05) is 13.8 Å². The van der Waals surface area contributed by atoms with Gasteiger partial charge in [0.1, 0.15) is 0 Å². The molecule has 0 aliphatic carbocycles. The van der Waals surface area contributed by atoms with Crippen molar-refractivity contribution in [2.45, 2.75) is 34.6 Å². The number of rotatable bonds is 9. The molecule has 0 bridgehead atoms. The Labute approximate surface area is 127 Å². The normalized spacial score (nSPS) is 11.3. The summed E-state index contributed by atoms with van der Waals surface area (Å²) in [6, 6.07) is 0. The third kappa shape index (κ3) is 5.34. The maximum atomic E-state index is 9.32. The number of hydrogen-bond acceptors (Lipinski definition) is 7. The third-order valence-corrected chi connectivity index (χ3v) is 3.16. The van der Waals surface area contributed by atoms with E-state index in [0.717, 1.165) is 19.6 Å². The highest BCUT2D eigenvalue weighted by molar-refractivity contribution is 5.43. The molecule has 120 valence electrons. The number of aromatic nitrogens is 3. The fraction of sp³-hybridized carbons (Fsp3) is 0.786. The number of anilines is 3. The zero-order valence-electron chi connectivity index (χ0n) is 13.8. The Balaban J connectivity index is 2.96. The predicted molar refractivity (Wildman–Crippen MR) is 86.9 cm³/mol. The van der Waals surface area contributed by atoms with Crippen LogP contribution >= 0.6 is 0 Å². The molecule has 1 aromatic heterocycles. The minimum Gasteiger partial charge on any atom is -0.396 e. The molecule has 0 saturated carbocycles. The average molecular weight is 296 g/mol. The summed E-state index contributed by atoms with van der Waals surface area (Å²) in [4.78, 5) is 15.3. The molecule has 1 aromatic rings. The van der Waals surface area contributed by atoms with Crippen molar-refractivity contribution >= 4 is 17.8 Å². The third-order valence-electron chi connectivity index (χ3n) is 3.16. The summed E-state index contributed by atoms with van der Waals surface area (Å²) in [5, 5.41) is 15.6. The molecule has 0 atom stereocenters. The Kier molecular flexibility index (Phi) is 6.61. The van der Waals surface area contributed by atoms with Crippen LogP contribution in [0.1, 0.15) is 34.6 Å². The molecule has 0 amide bonds. The second kappa shape index (κ2) is 7.97. The molecule has 7 heteroatoms. The van der Waals surface area contributed by atoms with Gasteiger partial charge in [-0.05, 0) is 20.8 Å². The van der Waals surface area contributed by atoms with Crippen molar-refractivity contribution in [1.82, 2.24) is 15.0 Å². The van der Waals surface area contributed by atoms with Gasteiger partial charge in [0.25, 0.3) is 0 Å². The highest BCUT2D eigenvalue weighted by Crippen LogP contribution is 2.17. The van der Waals surface area contributed by atoms with Crippen molar-refractivity contribution in [2.75, 3.05) is 48.3 Å². The van der Waals surface area contributed by atoms with Crippen LogP contribution in [-0.2, 0) is 0 Å². The van der Waals surface area contributed by atoms with E-state index in [9.17, 15) is 5.11 Å². The Hall–Kier alpha value is -1.63. The van der Waals surface area contributed by atoms with Crippen molar-refractivity contribution < 1.29 is 5.11 Å². The first-order valence-corrected chi connectivity index (χ1v) is 7.55. The van der Waals surface area contributed by atoms with Crippen molar-refractivity contribution in [3.63, 3.8) is 0 Å². The smallest absolute Gasteiger partial charge is 0.231 e. The molecule has 1 rings (SSSR count). The first-order valence-electron chi connectivity index (χ1n) is 7.55. The van der Waals surface area contributed by atoms with E-state index in [4.69, 9.17) is 0 Å². The summed E-state index contributed by atoms with van der Waals surface area (Å²) in [5.41, 5.74) is -0.222. The highest BCUT2D eigenvalue weighted by Gasteiger charge is 2.18. The molecule has 0 radical (unpaired) electrons. The van der Waals surface area contributed by atoms with Gasteiger partial charge in [0.05, 0.1) is 0 Å². The van der Waals surface area contributed by atoms with Gasteiger partial charge < -0.3 is 20.6 Å². The molecule has 3 N–H and O–H groups in total. The minimum atomic E-state index is -0.222. The van der Waals surface area contributed by atoms with E-state index in [2.05, 4.69) is 44.3 Å². The molecule has 0 saturated heterocycles. The maximum absolute atomic E-state index is 9.32. The Morgan fingerprint density at radius 2 is 1.57 bits per heavy atom. The maximum Gasteiger partial charge on any atom is 0.231 e. The lowest BCUT2D eigenvalue weighted by atomic mass is 9.95. The lowest BCUT2D eigenvalue weighted by Gasteiger charge is -2.23. The van der Waals surface area contributed by atoms with E-state index < -0.39 is 0 Å². The average Bonchev–Trinajstić information content (AvgIpc) is 2.47. The van der Waals surface area contributed by atoms with Crippen LogP contribution in [0.5, 0.6) is 0 Å². The first-order chi connectivity index (χ1) is 9.95. The Bertz CT molecular complexity index is 433. The van der Waals surface area contributed by atoms with Gasteiger partial charge in [-0.3, -0.25) is 0 Å². The summed E-state index contributed by atoms with van der Waals surface area (Å²) in [7, 11) is 0. The van der Waals surface area contributed by atoms with Gasteiger partial charge in [-0.2, -0.15) is 15.0 Å². The quantitative estimate of drug-likeness (QED) is 0.638. The summed E-state index contributed by atoms with van der Waals surface area (Å²) in [6.07, 6.45) is 0.